The van der Waals surface area contributed by atoms with Crippen LogP contribution in [0, 0.1) is 0 Å². The van der Waals surface area contributed by atoms with Crippen LogP contribution < -0.4 is 5.32 Å². The molecule has 0 aliphatic heterocycles. The Balaban J connectivity index is 3.00. The van der Waals surface area contributed by atoms with Gasteiger partial charge >= 0.3 is 0 Å². The standard InChI is InChI=1S/C15H31N5/c1-7-10-16-13(11-14-17-12-18-20(14)6)15(8-2,9-3)19(4)5/h12-13,16H,7-11H2,1-6H3. The first kappa shape index (κ1) is 17.1. The van der Waals surface area contributed by atoms with Gasteiger partial charge in [-0.3, -0.25) is 4.68 Å². The highest BCUT2D eigenvalue weighted by Crippen LogP contribution is 2.27. The van der Waals surface area contributed by atoms with Crippen LogP contribution >= 0.6 is 0 Å². The largest absolute Gasteiger partial charge is 0.312 e. The van der Waals surface area contributed by atoms with Crippen LogP contribution in [0.2, 0.25) is 0 Å². The monoisotopic (exact) mass is 281 g/mol. The molecule has 0 spiro atoms. The molecule has 0 amide bonds. The van der Waals surface area contributed by atoms with E-state index < -0.39 is 0 Å². The van der Waals surface area contributed by atoms with Gasteiger partial charge in [-0.25, -0.2) is 4.98 Å². The van der Waals surface area contributed by atoms with Crippen molar-refractivity contribution in [3.63, 3.8) is 0 Å². The number of aromatic nitrogens is 3. The van der Waals surface area contributed by atoms with E-state index in [0.29, 0.717) is 6.04 Å². The van der Waals surface area contributed by atoms with Crippen molar-refractivity contribution in [3.8, 4) is 0 Å². The maximum atomic E-state index is 4.40. The molecule has 1 unspecified atom stereocenters. The molecule has 0 bridgehead atoms. The Morgan fingerprint density at radius 3 is 2.35 bits per heavy atom. The molecule has 0 aliphatic carbocycles. The van der Waals surface area contributed by atoms with Gasteiger partial charge in [0.15, 0.2) is 0 Å². The highest BCUT2D eigenvalue weighted by Gasteiger charge is 2.38. The topological polar surface area (TPSA) is 46.0 Å². The normalized spacial score (nSPS) is 13.9. The van der Waals surface area contributed by atoms with Crippen molar-refractivity contribution in [2.75, 3.05) is 20.6 Å². The van der Waals surface area contributed by atoms with E-state index in [2.05, 4.69) is 55.2 Å². The van der Waals surface area contributed by atoms with Crippen LogP contribution in [0.4, 0.5) is 0 Å². The zero-order valence-electron chi connectivity index (χ0n) is 14.0. The van der Waals surface area contributed by atoms with Crippen molar-refractivity contribution in [1.82, 2.24) is 25.0 Å². The van der Waals surface area contributed by atoms with Crippen molar-refractivity contribution in [2.45, 2.75) is 58.0 Å². The number of rotatable bonds is 9. The second-order valence-corrected chi connectivity index (χ2v) is 5.72. The van der Waals surface area contributed by atoms with Gasteiger partial charge in [-0.1, -0.05) is 20.8 Å². The Kier molecular flexibility index (Phi) is 6.62. The molecule has 1 rings (SSSR count). The van der Waals surface area contributed by atoms with Crippen LogP contribution in [-0.2, 0) is 13.5 Å². The van der Waals surface area contributed by atoms with Gasteiger partial charge in [0.05, 0.1) is 0 Å². The van der Waals surface area contributed by atoms with E-state index in [0.717, 1.165) is 38.1 Å². The zero-order valence-corrected chi connectivity index (χ0v) is 14.0. The van der Waals surface area contributed by atoms with E-state index in [1.54, 1.807) is 6.33 Å². The molecule has 0 aromatic carbocycles. The van der Waals surface area contributed by atoms with E-state index in [4.69, 9.17) is 0 Å². The van der Waals surface area contributed by atoms with Crippen molar-refractivity contribution in [3.05, 3.63) is 12.2 Å². The lowest BCUT2D eigenvalue weighted by Gasteiger charge is -2.45. The fourth-order valence-electron chi connectivity index (χ4n) is 3.15. The lowest BCUT2D eigenvalue weighted by molar-refractivity contribution is 0.0868. The summed E-state index contributed by atoms with van der Waals surface area (Å²) in [5, 5.41) is 7.93. The molecule has 0 saturated heterocycles. The van der Waals surface area contributed by atoms with Gasteiger partial charge in [-0.15, -0.1) is 0 Å². The van der Waals surface area contributed by atoms with Crippen molar-refractivity contribution < 1.29 is 0 Å². The summed E-state index contributed by atoms with van der Waals surface area (Å²) in [6.07, 6.45) is 5.94. The van der Waals surface area contributed by atoms with Crippen LogP contribution in [0.1, 0.15) is 45.9 Å². The minimum absolute atomic E-state index is 0.154. The maximum absolute atomic E-state index is 4.40. The summed E-state index contributed by atoms with van der Waals surface area (Å²) in [7, 11) is 6.34. The van der Waals surface area contributed by atoms with Gasteiger partial charge in [0, 0.05) is 25.0 Å². The number of hydrogen-bond donors (Lipinski definition) is 1. The molecule has 1 aromatic heterocycles. The van der Waals surface area contributed by atoms with Gasteiger partial charge in [-0.2, -0.15) is 5.10 Å². The van der Waals surface area contributed by atoms with Crippen LogP contribution in [0.15, 0.2) is 6.33 Å². The van der Waals surface area contributed by atoms with Gasteiger partial charge in [0.25, 0.3) is 0 Å². The Labute approximate surface area is 123 Å². The number of hydrogen-bond acceptors (Lipinski definition) is 4. The number of aryl methyl sites for hydroxylation is 1. The van der Waals surface area contributed by atoms with Gasteiger partial charge < -0.3 is 10.2 Å². The minimum Gasteiger partial charge on any atom is -0.312 e. The number of nitrogens with zero attached hydrogens (tertiary/aromatic N) is 4. The highest BCUT2D eigenvalue weighted by atomic mass is 15.3. The minimum atomic E-state index is 0.154. The molecular formula is C15H31N5. The van der Waals surface area contributed by atoms with Crippen molar-refractivity contribution in [2.24, 2.45) is 7.05 Å². The number of likely N-dealkylation sites (N-methyl/N-ethyl adjacent to an activating group) is 1. The maximum Gasteiger partial charge on any atom is 0.138 e. The Morgan fingerprint density at radius 2 is 1.95 bits per heavy atom. The predicted molar refractivity (Wildman–Crippen MR) is 83.8 cm³/mol. The molecule has 116 valence electrons. The summed E-state index contributed by atoms with van der Waals surface area (Å²) in [6.45, 7) is 7.81. The molecule has 1 N–H and O–H groups in total. The lowest BCUT2D eigenvalue weighted by atomic mass is 9.81. The first-order chi connectivity index (χ1) is 9.51. The average molecular weight is 281 g/mol. The summed E-state index contributed by atoms with van der Waals surface area (Å²) < 4.78 is 1.88. The van der Waals surface area contributed by atoms with Crippen LogP contribution in [-0.4, -0.2) is 51.9 Å². The van der Waals surface area contributed by atoms with Gasteiger partial charge in [-0.05, 0) is 39.9 Å². The Bertz CT molecular complexity index is 381. The van der Waals surface area contributed by atoms with E-state index >= 15 is 0 Å². The van der Waals surface area contributed by atoms with Crippen LogP contribution in [0.5, 0.6) is 0 Å². The molecule has 5 heteroatoms. The predicted octanol–water partition coefficient (Wildman–Crippen LogP) is 1.85. The number of nitrogens with one attached hydrogen (secondary N) is 1. The highest BCUT2D eigenvalue weighted by molar-refractivity contribution is 5.02. The van der Waals surface area contributed by atoms with E-state index in [-0.39, 0.29) is 5.54 Å². The second kappa shape index (κ2) is 7.74. The second-order valence-electron chi connectivity index (χ2n) is 5.72. The Morgan fingerprint density at radius 1 is 1.30 bits per heavy atom. The van der Waals surface area contributed by atoms with Crippen molar-refractivity contribution in [1.29, 1.82) is 0 Å². The smallest absolute Gasteiger partial charge is 0.138 e. The molecule has 1 heterocycles. The van der Waals surface area contributed by atoms with E-state index in [9.17, 15) is 0 Å². The molecule has 5 nitrogen and oxygen atoms in total. The third-order valence-electron chi connectivity index (χ3n) is 4.60. The van der Waals surface area contributed by atoms with E-state index in [1.807, 2.05) is 11.7 Å². The summed E-state index contributed by atoms with van der Waals surface area (Å²) in [6, 6.07) is 0.385. The third-order valence-corrected chi connectivity index (χ3v) is 4.60. The van der Waals surface area contributed by atoms with Crippen LogP contribution in [0.3, 0.4) is 0 Å². The SMILES string of the molecule is CCCNC(Cc1ncnn1C)C(CC)(CC)N(C)C. The first-order valence-corrected chi connectivity index (χ1v) is 7.75. The molecule has 1 aromatic rings. The average Bonchev–Trinajstić information content (AvgIpc) is 2.82. The van der Waals surface area contributed by atoms with Crippen LogP contribution in [0.25, 0.3) is 0 Å². The lowest BCUT2D eigenvalue weighted by Crippen LogP contribution is -2.59. The molecule has 1 atom stereocenters. The molecular weight excluding hydrogens is 250 g/mol. The molecule has 0 aliphatic rings. The molecule has 0 fully saturated rings. The summed E-state index contributed by atoms with van der Waals surface area (Å²) in [5.41, 5.74) is 0.154. The zero-order chi connectivity index (χ0) is 15.2. The van der Waals surface area contributed by atoms with Gasteiger partial charge in [0.2, 0.25) is 0 Å². The first-order valence-electron chi connectivity index (χ1n) is 7.75. The molecule has 20 heavy (non-hydrogen) atoms. The summed E-state index contributed by atoms with van der Waals surface area (Å²) >= 11 is 0. The van der Waals surface area contributed by atoms with Gasteiger partial charge in [0.1, 0.15) is 12.2 Å². The fraction of sp³-hybridized carbons (Fsp3) is 0.867. The molecule has 0 saturated carbocycles. The Hall–Kier alpha value is -0.940. The summed E-state index contributed by atoms with van der Waals surface area (Å²) in [5.74, 6) is 1.05. The quantitative estimate of drug-likeness (QED) is 0.750. The fourth-order valence-corrected chi connectivity index (χ4v) is 3.15. The van der Waals surface area contributed by atoms with Crippen molar-refractivity contribution >= 4 is 0 Å². The summed E-state index contributed by atoms with van der Waals surface area (Å²) in [4.78, 5) is 6.77. The van der Waals surface area contributed by atoms with E-state index in [1.165, 1.54) is 0 Å². The molecule has 0 radical (unpaired) electrons. The third kappa shape index (κ3) is 3.58.